The third-order valence-corrected chi connectivity index (χ3v) is 4.00. The molecule has 1 aromatic rings. The molecule has 0 radical (unpaired) electrons. The molecule has 0 aromatic heterocycles. The molecule has 0 aliphatic heterocycles. The predicted molar refractivity (Wildman–Crippen MR) is 64.1 cm³/mol. The summed E-state index contributed by atoms with van der Waals surface area (Å²) >= 11 is 0. The van der Waals surface area contributed by atoms with Crippen LogP contribution in [0.4, 0.5) is 0 Å². The predicted octanol–water partition coefficient (Wildman–Crippen LogP) is 0.916. The van der Waals surface area contributed by atoms with Crippen LogP contribution >= 0.6 is 0 Å². The SMILES string of the molecule is CCS(=O)(=O)CCNCc1ccc(O)cc1. The van der Waals surface area contributed by atoms with Gasteiger partial charge in [-0.05, 0) is 17.7 Å². The molecule has 5 heteroatoms. The van der Waals surface area contributed by atoms with Crippen LogP contribution in [0.1, 0.15) is 12.5 Å². The van der Waals surface area contributed by atoms with Crippen LogP contribution in [0.25, 0.3) is 0 Å². The Kier molecular flexibility index (Phi) is 4.76. The number of hydrogen-bond acceptors (Lipinski definition) is 4. The molecule has 0 atom stereocenters. The highest BCUT2D eigenvalue weighted by Crippen LogP contribution is 2.08. The summed E-state index contributed by atoms with van der Waals surface area (Å²) in [4.78, 5) is 0. The Morgan fingerprint density at radius 3 is 2.44 bits per heavy atom. The molecular formula is C11H17NO3S. The fraction of sp³-hybridized carbons (Fsp3) is 0.455. The monoisotopic (exact) mass is 243 g/mol. The number of nitrogens with one attached hydrogen (secondary N) is 1. The fourth-order valence-corrected chi connectivity index (χ4v) is 1.96. The topological polar surface area (TPSA) is 66.4 Å². The molecule has 0 saturated carbocycles. The molecule has 16 heavy (non-hydrogen) atoms. The summed E-state index contributed by atoms with van der Waals surface area (Å²) in [5.41, 5.74) is 1.02. The van der Waals surface area contributed by atoms with Crippen LogP contribution in [-0.4, -0.2) is 31.6 Å². The lowest BCUT2D eigenvalue weighted by Gasteiger charge is -2.05. The Bertz CT molecular complexity index is 411. The number of benzene rings is 1. The third kappa shape index (κ3) is 4.63. The van der Waals surface area contributed by atoms with Crippen LogP contribution in [0.5, 0.6) is 5.75 Å². The van der Waals surface area contributed by atoms with Crippen molar-refractivity contribution >= 4 is 9.84 Å². The van der Waals surface area contributed by atoms with Crippen molar-refractivity contribution in [2.45, 2.75) is 13.5 Å². The average molecular weight is 243 g/mol. The van der Waals surface area contributed by atoms with Crippen molar-refractivity contribution in [1.82, 2.24) is 5.32 Å². The van der Waals surface area contributed by atoms with Crippen molar-refractivity contribution in [3.63, 3.8) is 0 Å². The van der Waals surface area contributed by atoms with Gasteiger partial charge < -0.3 is 10.4 Å². The van der Waals surface area contributed by atoms with Gasteiger partial charge in [0.15, 0.2) is 9.84 Å². The molecule has 0 saturated heterocycles. The summed E-state index contributed by atoms with van der Waals surface area (Å²) in [5.74, 6) is 0.590. The second kappa shape index (κ2) is 5.86. The van der Waals surface area contributed by atoms with E-state index in [0.717, 1.165) is 5.56 Å². The summed E-state index contributed by atoms with van der Waals surface area (Å²) in [6.07, 6.45) is 0. The molecule has 0 aliphatic carbocycles. The van der Waals surface area contributed by atoms with Gasteiger partial charge in [-0.3, -0.25) is 0 Å². The van der Waals surface area contributed by atoms with Crippen LogP contribution in [0.3, 0.4) is 0 Å². The number of hydrogen-bond donors (Lipinski definition) is 2. The standard InChI is InChI=1S/C11H17NO3S/c1-2-16(14,15)8-7-12-9-10-3-5-11(13)6-4-10/h3-6,12-13H,2,7-9H2,1H3. The zero-order valence-electron chi connectivity index (χ0n) is 9.31. The smallest absolute Gasteiger partial charge is 0.151 e. The minimum atomic E-state index is -2.88. The maximum Gasteiger partial charge on any atom is 0.151 e. The molecule has 90 valence electrons. The number of aromatic hydroxyl groups is 1. The Morgan fingerprint density at radius 1 is 1.25 bits per heavy atom. The molecule has 1 aromatic carbocycles. The van der Waals surface area contributed by atoms with Crippen LogP contribution in [0.2, 0.25) is 0 Å². The first-order chi connectivity index (χ1) is 7.53. The Morgan fingerprint density at radius 2 is 1.88 bits per heavy atom. The lowest BCUT2D eigenvalue weighted by molar-refractivity contribution is 0.475. The van der Waals surface area contributed by atoms with E-state index in [4.69, 9.17) is 5.11 Å². The summed E-state index contributed by atoms with van der Waals surface area (Å²) in [6, 6.07) is 6.83. The van der Waals surface area contributed by atoms with E-state index in [9.17, 15) is 8.42 Å². The number of phenolic OH excluding ortho intramolecular Hbond substituents is 1. The Labute approximate surface area is 96.2 Å². The zero-order chi connectivity index (χ0) is 12.0. The van der Waals surface area contributed by atoms with Gasteiger partial charge >= 0.3 is 0 Å². The van der Waals surface area contributed by atoms with Crippen LogP contribution < -0.4 is 5.32 Å². The number of sulfone groups is 1. The molecule has 0 spiro atoms. The first-order valence-corrected chi connectivity index (χ1v) is 7.04. The van der Waals surface area contributed by atoms with Gasteiger partial charge in [0.05, 0.1) is 5.75 Å². The summed E-state index contributed by atoms with van der Waals surface area (Å²) in [6.45, 7) is 2.71. The molecular weight excluding hydrogens is 226 g/mol. The van der Waals surface area contributed by atoms with Crippen molar-refractivity contribution in [3.05, 3.63) is 29.8 Å². The molecule has 0 unspecified atom stereocenters. The maximum absolute atomic E-state index is 11.2. The van der Waals surface area contributed by atoms with Gasteiger partial charge in [0.2, 0.25) is 0 Å². The Hall–Kier alpha value is -1.07. The summed E-state index contributed by atoms with van der Waals surface area (Å²) < 4.78 is 22.4. The van der Waals surface area contributed by atoms with Crippen LogP contribution in [0, 0.1) is 0 Å². The van der Waals surface area contributed by atoms with E-state index < -0.39 is 9.84 Å². The van der Waals surface area contributed by atoms with Crippen molar-refractivity contribution in [2.24, 2.45) is 0 Å². The van der Waals surface area contributed by atoms with E-state index in [1.807, 2.05) is 0 Å². The van der Waals surface area contributed by atoms with Crippen LogP contribution in [0.15, 0.2) is 24.3 Å². The highest BCUT2D eigenvalue weighted by molar-refractivity contribution is 7.91. The molecule has 0 bridgehead atoms. The van der Waals surface area contributed by atoms with E-state index in [2.05, 4.69) is 5.32 Å². The van der Waals surface area contributed by atoms with Crippen molar-refractivity contribution < 1.29 is 13.5 Å². The van der Waals surface area contributed by atoms with Crippen molar-refractivity contribution in [3.8, 4) is 5.75 Å². The molecule has 1 rings (SSSR count). The minimum absolute atomic E-state index is 0.168. The number of rotatable bonds is 6. The van der Waals surface area contributed by atoms with E-state index in [1.165, 1.54) is 0 Å². The van der Waals surface area contributed by atoms with Gasteiger partial charge in [0.25, 0.3) is 0 Å². The molecule has 2 N–H and O–H groups in total. The highest BCUT2D eigenvalue weighted by atomic mass is 32.2. The quantitative estimate of drug-likeness (QED) is 0.729. The molecule has 0 amide bonds. The summed E-state index contributed by atoms with van der Waals surface area (Å²) in [5, 5.41) is 12.1. The Balaban J connectivity index is 2.29. The maximum atomic E-state index is 11.2. The van der Waals surface area contributed by atoms with E-state index in [-0.39, 0.29) is 17.3 Å². The van der Waals surface area contributed by atoms with Crippen molar-refractivity contribution in [2.75, 3.05) is 18.1 Å². The lowest BCUT2D eigenvalue weighted by atomic mass is 10.2. The second-order valence-electron chi connectivity index (χ2n) is 3.58. The van der Waals surface area contributed by atoms with Gasteiger partial charge in [0, 0.05) is 18.8 Å². The minimum Gasteiger partial charge on any atom is -0.508 e. The van der Waals surface area contributed by atoms with Crippen molar-refractivity contribution in [1.29, 1.82) is 0 Å². The first-order valence-electron chi connectivity index (χ1n) is 5.22. The molecule has 0 heterocycles. The summed E-state index contributed by atoms with van der Waals surface area (Å²) in [7, 11) is -2.88. The molecule has 4 nitrogen and oxygen atoms in total. The highest BCUT2D eigenvalue weighted by Gasteiger charge is 2.05. The number of phenols is 1. The van der Waals surface area contributed by atoms with Gasteiger partial charge in [0.1, 0.15) is 5.75 Å². The molecule has 0 aliphatic rings. The van der Waals surface area contributed by atoms with Gasteiger partial charge in [-0.2, -0.15) is 0 Å². The zero-order valence-corrected chi connectivity index (χ0v) is 10.1. The van der Waals surface area contributed by atoms with Gasteiger partial charge in [-0.25, -0.2) is 8.42 Å². The largest absolute Gasteiger partial charge is 0.508 e. The van der Waals surface area contributed by atoms with Gasteiger partial charge in [-0.1, -0.05) is 19.1 Å². The second-order valence-corrected chi connectivity index (χ2v) is 6.05. The molecule has 0 fully saturated rings. The third-order valence-electron chi connectivity index (χ3n) is 2.30. The fourth-order valence-electron chi connectivity index (χ4n) is 1.22. The van der Waals surface area contributed by atoms with E-state index in [0.29, 0.717) is 13.1 Å². The van der Waals surface area contributed by atoms with E-state index >= 15 is 0 Å². The normalized spacial score (nSPS) is 11.6. The van der Waals surface area contributed by atoms with Crippen LogP contribution in [-0.2, 0) is 16.4 Å². The first kappa shape index (κ1) is 13.0. The lowest BCUT2D eigenvalue weighted by Crippen LogP contribution is -2.23. The van der Waals surface area contributed by atoms with E-state index in [1.54, 1.807) is 31.2 Å². The van der Waals surface area contributed by atoms with Gasteiger partial charge in [-0.15, -0.1) is 0 Å². The average Bonchev–Trinajstić information content (AvgIpc) is 2.27.